The number of fused-ring (bicyclic) bond motifs is 1. The first-order valence-electron chi connectivity index (χ1n) is 8.52. The summed E-state index contributed by atoms with van der Waals surface area (Å²) in [6.45, 7) is 3.63. The second-order valence-corrected chi connectivity index (χ2v) is 6.89. The largest absolute Gasteiger partial charge is 0.326 e. The Morgan fingerprint density at radius 3 is 2.74 bits per heavy atom. The summed E-state index contributed by atoms with van der Waals surface area (Å²) in [6, 6.07) is 15.4. The van der Waals surface area contributed by atoms with E-state index in [0.717, 1.165) is 27.6 Å². The first-order valence-corrected chi connectivity index (χ1v) is 9.40. The smallest absolute Gasteiger partial charge is 0.224 e. The van der Waals surface area contributed by atoms with Crippen molar-refractivity contribution in [3.05, 3.63) is 66.6 Å². The molecule has 0 aliphatic carbocycles. The van der Waals surface area contributed by atoms with Crippen LogP contribution in [0.15, 0.2) is 66.6 Å². The summed E-state index contributed by atoms with van der Waals surface area (Å²) >= 11 is 1.60. The highest BCUT2D eigenvalue weighted by Crippen LogP contribution is 2.25. The Labute approximate surface area is 160 Å². The van der Waals surface area contributed by atoms with E-state index in [1.54, 1.807) is 21.9 Å². The molecule has 0 saturated carbocycles. The number of nitrogens with one attached hydrogen (secondary N) is 1. The van der Waals surface area contributed by atoms with Crippen molar-refractivity contribution in [2.45, 2.75) is 12.8 Å². The fraction of sp³-hybridized carbons (Fsp3) is 0.100. The highest BCUT2D eigenvalue weighted by atomic mass is 32.1. The minimum atomic E-state index is -0.0210. The Morgan fingerprint density at radius 2 is 2.00 bits per heavy atom. The summed E-state index contributed by atoms with van der Waals surface area (Å²) in [5.74, 6) is 0.709. The number of anilines is 1. The molecule has 0 bridgehead atoms. The number of hydrogen-bond acceptors (Lipinski definition) is 5. The van der Waals surface area contributed by atoms with Crippen LogP contribution in [-0.2, 0) is 4.79 Å². The minimum absolute atomic E-state index is 0.0210. The van der Waals surface area contributed by atoms with Crippen molar-refractivity contribution < 1.29 is 4.79 Å². The van der Waals surface area contributed by atoms with Crippen LogP contribution in [-0.4, -0.2) is 25.7 Å². The maximum atomic E-state index is 11.8. The second kappa shape index (κ2) is 7.51. The first-order chi connectivity index (χ1) is 13.2. The molecule has 0 aliphatic rings. The number of thiophene rings is 1. The van der Waals surface area contributed by atoms with Crippen molar-refractivity contribution in [2.75, 3.05) is 5.32 Å². The molecule has 1 aromatic carbocycles. The van der Waals surface area contributed by atoms with Gasteiger partial charge in [0, 0.05) is 17.7 Å². The van der Waals surface area contributed by atoms with E-state index in [4.69, 9.17) is 5.10 Å². The van der Waals surface area contributed by atoms with Gasteiger partial charge in [0.15, 0.2) is 11.5 Å². The molecule has 1 amide bonds. The van der Waals surface area contributed by atoms with E-state index in [-0.39, 0.29) is 5.91 Å². The first kappa shape index (κ1) is 17.1. The van der Waals surface area contributed by atoms with Crippen LogP contribution in [0, 0.1) is 0 Å². The van der Waals surface area contributed by atoms with Crippen LogP contribution in [0.25, 0.3) is 27.6 Å². The Bertz CT molecular complexity index is 1080. The summed E-state index contributed by atoms with van der Waals surface area (Å²) in [4.78, 5) is 12.8. The lowest BCUT2D eigenvalue weighted by molar-refractivity contribution is -0.116. The van der Waals surface area contributed by atoms with Gasteiger partial charge in [-0.3, -0.25) is 4.79 Å². The number of benzene rings is 1. The summed E-state index contributed by atoms with van der Waals surface area (Å²) in [6.07, 6.45) is 2.84. The number of rotatable bonds is 6. The van der Waals surface area contributed by atoms with Crippen LogP contribution in [0.2, 0.25) is 0 Å². The maximum Gasteiger partial charge on any atom is 0.224 e. The Hall–Kier alpha value is -3.32. The number of hydrogen-bond donors (Lipinski definition) is 1. The second-order valence-electron chi connectivity index (χ2n) is 5.94. The molecule has 27 heavy (non-hydrogen) atoms. The van der Waals surface area contributed by atoms with E-state index >= 15 is 0 Å². The van der Waals surface area contributed by atoms with E-state index in [2.05, 4.69) is 22.1 Å². The zero-order chi connectivity index (χ0) is 18.6. The summed E-state index contributed by atoms with van der Waals surface area (Å²) in [5.41, 5.74) is 3.22. The van der Waals surface area contributed by atoms with E-state index in [9.17, 15) is 4.79 Å². The molecule has 0 unspecified atom stereocenters. The normalized spacial score (nSPS) is 10.8. The van der Waals surface area contributed by atoms with Crippen LogP contribution in [0.5, 0.6) is 0 Å². The van der Waals surface area contributed by atoms with E-state index < -0.39 is 0 Å². The quantitative estimate of drug-likeness (QED) is 0.506. The molecule has 0 radical (unpaired) electrons. The Morgan fingerprint density at radius 1 is 1.15 bits per heavy atom. The van der Waals surface area contributed by atoms with Gasteiger partial charge in [-0.25, -0.2) is 0 Å². The molecule has 0 spiro atoms. The monoisotopic (exact) mass is 375 g/mol. The molecule has 0 saturated heterocycles. The molecule has 3 aromatic heterocycles. The van der Waals surface area contributed by atoms with Crippen LogP contribution >= 0.6 is 11.3 Å². The van der Waals surface area contributed by atoms with Gasteiger partial charge in [0.1, 0.15) is 0 Å². The van der Waals surface area contributed by atoms with Crippen molar-refractivity contribution in [3.63, 3.8) is 0 Å². The lowest BCUT2D eigenvalue weighted by Crippen LogP contribution is -2.10. The zero-order valence-electron chi connectivity index (χ0n) is 14.5. The molecule has 7 heteroatoms. The van der Waals surface area contributed by atoms with Crippen molar-refractivity contribution in [1.82, 2.24) is 19.8 Å². The van der Waals surface area contributed by atoms with Crippen LogP contribution in [0.1, 0.15) is 12.8 Å². The van der Waals surface area contributed by atoms with Crippen molar-refractivity contribution in [3.8, 4) is 22.0 Å². The van der Waals surface area contributed by atoms with Crippen molar-refractivity contribution >= 4 is 28.6 Å². The molecular formula is C20H17N5OS. The molecule has 0 fully saturated rings. The van der Waals surface area contributed by atoms with Crippen LogP contribution < -0.4 is 5.32 Å². The molecule has 1 N–H and O–H groups in total. The summed E-state index contributed by atoms with van der Waals surface area (Å²) < 4.78 is 1.76. The van der Waals surface area contributed by atoms with Gasteiger partial charge in [0.2, 0.25) is 5.91 Å². The minimum Gasteiger partial charge on any atom is -0.326 e. The third-order valence-electron chi connectivity index (χ3n) is 4.04. The summed E-state index contributed by atoms with van der Waals surface area (Å²) in [7, 11) is 0. The van der Waals surface area contributed by atoms with Gasteiger partial charge in [0.05, 0.1) is 10.6 Å². The van der Waals surface area contributed by atoms with E-state index in [1.807, 2.05) is 53.9 Å². The fourth-order valence-corrected chi connectivity index (χ4v) is 3.38. The standard InChI is InChI=1S/C20H17N5OS/c1-2-3-6-19(26)21-15-9-7-14(8-10-15)16-11-12-18-22-23-20(25(18)24-16)17-5-4-13-27-17/h2,4-5,7-13H,1,3,6H2,(H,21,26). The number of aromatic nitrogens is 4. The molecular weight excluding hydrogens is 358 g/mol. The lowest BCUT2D eigenvalue weighted by atomic mass is 10.1. The van der Waals surface area contributed by atoms with Gasteiger partial charge in [0.25, 0.3) is 0 Å². The molecule has 4 rings (SSSR count). The predicted octanol–water partition coefficient (Wildman–Crippen LogP) is 4.42. The maximum absolute atomic E-state index is 11.8. The topological polar surface area (TPSA) is 72.2 Å². The molecule has 0 aliphatic heterocycles. The van der Waals surface area contributed by atoms with Gasteiger partial charge in [-0.1, -0.05) is 24.3 Å². The molecule has 3 heterocycles. The third-order valence-corrected chi connectivity index (χ3v) is 4.91. The highest BCUT2D eigenvalue weighted by molar-refractivity contribution is 7.13. The van der Waals surface area contributed by atoms with Crippen molar-refractivity contribution in [2.24, 2.45) is 0 Å². The fourth-order valence-electron chi connectivity index (χ4n) is 2.68. The van der Waals surface area contributed by atoms with E-state index in [0.29, 0.717) is 18.5 Å². The van der Waals surface area contributed by atoms with Crippen LogP contribution in [0.3, 0.4) is 0 Å². The number of allylic oxidation sites excluding steroid dienone is 1. The number of carbonyl (C=O) groups excluding carboxylic acids is 1. The van der Waals surface area contributed by atoms with Gasteiger partial charge in [-0.05, 0) is 42.1 Å². The third kappa shape index (κ3) is 3.63. The number of nitrogens with zero attached hydrogens (tertiary/aromatic N) is 4. The van der Waals surface area contributed by atoms with Gasteiger partial charge < -0.3 is 5.32 Å². The molecule has 134 valence electrons. The lowest BCUT2D eigenvalue weighted by Gasteiger charge is -2.06. The summed E-state index contributed by atoms with van der Waals surface area (Å²) in [5, 5.41) is 18.0. The molecule has 0 atom stereocenters. The molecule has 6 nitrogen and oxygen atoms in total. The average Bonchev–Trinajstić information content (AvgIpc) is 3.35. The average molecular weight is 375 g/mol. The van der Waals surface area contributed by atoms with Crippen LogP contribution in [0.4, 0.5) is 5.69 Å². The Balaban J connectivity index is 1.59. The number of carbonyl (C=O) groups is 1. The number of amides is 1. The Kier molecular flexibility index (Phi) is 4.76. The van der Waals surface area contributed by atoms with Gasteiger partial charge in [-0.2, -0.15) is 9.61 Å². The SMILES string of the molecule is C=CCCC(=O)Nc1ccc(-c2ccc3nnc(-c4cccs4)n3n2)cc1. The van der Waals surface area contributed by atoms with Crippen molar-refractivity contribution in [1.29, 1.82) is 0 Å². The van der Waals surface area contributed by atoms with E-state index in [1.165, 1.54) is 0 Å². The molecule has 4 aromatic rings. The van der Waals surface area contributed by atoms with Gasteiger partial charge >= 0.3 is 0 Å². The predicted molar refractivity (Wildman–Crippen MR) is 108 cm³/mol. The van der Waals surface area contributed by atoms with Gasteiger partial charge in [-0.15, -0.1) is 28.1 Å². The highest BCUT2D eigenvalue weighted by Gasteiger charge is 2.11. The zero-order valence-corrected chi connectivity index (χ0v) is 15.3.